The minimum atomic E-state index is -1.34. The topological polar surface area (TPSA) is 68.0 Å². The molecule has 0 radical (unpaired) electrons. The SMILES string of the molecule is CCc1ccc(-c2cn(C3=CC(F)CC(C(=O)O)=C3)nn2)cc1. The van der Waals surface area contributed by atoms with Crippen LogP contribution in [-0.2, 0) is 11.2 Å². The zero-order valence-electron chi connectivity index (χ0n) is 12.6. The standard InChI is InChI=1S/C17H16FN3O2/c1-2-11-3-5-12(6-4-11)16-10-21(20-19-16)15-8-13(17(22)23)7-14(18)9-15/h3-6,8-10,14H,2,7H2,1H3,(H,22,23). The number of benzene rings is 1. The van der Waals surface area contributed by atoms with Gasteiger partial charge in [-0.15, -0.1) is 5.10 Å². The minimum Gasteiger partial charge on any atom is -0.478 e. The maximum Gasteiger partial charge on any atom is 0.331 e. The van der Waals surface area contributed by atoms with E-state index in [1.54, 1.807) is 6.20 Å². The molecule has 1 aromatic heterocycles. The van der Waals surface area contributed by atoms with E-state index in [0.29, 0.717) is 11.4 Å². The third-order valence-corrected chi connectivity index (χ3v) is 3.78. The second-order valence-electron chi connectivity index (χ2n) is 5.39. The number of nitrogens with zero attached hydrogens (tertiary/aromatic N) is 3. The van der Waals surface area contributed by atoms with Gasteiger partial charge in [0.2, 0.25) is 0 Å². The van der Waals surface area contributed by atoms with Crippen LogP contribution >= 0.6 is 0 Å². The molecule has 118 valence electrons. The first-order valence-corrected chi connectivity index (χ1v) is 7.38. The Labute approximate surface area is 132 Å². The van der Waals surface area contributed by atoms with E-state index in [-0.39, 0.29) is 12.0 Å². The van der Waals surface area contributed by atoms with E-state index in [0.717, 1.165) is 12.0 Å². The molecule has 6 heteroatoms. The van der Waals surface area contributed by atoms with Crippen molar-refractivity contribution in [2.75, 3.05) is 0 Å². The molecule has 1 N–H and O–H groups in total. The van der Waals surface area contributed by atoms with Gasteiger partial charge < -0.3 is 5.11 Å². The highest BCUT2D eigenvalue weighted by molar-refractivity contribution is 5.90. The van der Waals surface area contributed by atoms with E-state index in [4.69, 9.17) is 5.11 Å². The summed E-state index contributed by atoms with van der Waals surface area (Å²) in [6, 6.07) is 7.96. The van der Waals surface area contributed by atoms with E-state index < -0.39 is 12.1 Å². The third-order valence-electron chi connectivity index (χ3n) is 3.78. The van der Waals surface area contributed by atoms with Gasteiger partial charge in [0, 0.05) is 17.6 Å². The molecule has 3 rings (SSSR count). The smallest absolute Gasteiger partial charge is 0.331 e. The number of aliphatic carboxylic acids is 1. The number of alkyl halides is 1. The molecule has 2 aromatic rings. The molecule has 0 bridgehead atoms. The lowest BCUT2D eigenvalue weighted by Gasteiger charge is -2.13. The number of hydrogen-bond acceptors (Lipinski definition) is 3. The predicted molar refractivity (Wildman–Crippen MR) is 84.3 cm³/mol. The van der Waals surface area contributed by atoms with Crippen molar-refractivity contribution < 1.29 is 14.3 Å². The fraction of sp³-hybridized carbons (Fsp3) is 0.235. The molecule has 0 spiro atoms. The van der Waals surface area contributed by atoms with E-state index in [1.807, 2.05) is 24.3 Å². The summed E-state index contributed by atoms with van der Waals surface area (Å²) in [5.41, 5.74) is 3.19. The number of aryl methyl sites for hydroxylation is 1. The molecular weight excluding hydrogens is 297 g/mol. The lowest BCUT2D eigenvalue weighted by molar-refractivity contribution is -0.132. The van der Waals surface area contributed by atoms with Crippen molar-refractivity contribution in [2.45, 2.75) is 25.9 Å². The van der Waals surface area contributed by atoms with Crippen LogP contribution < -0.4 is 0 Å². The highest BCUT2D eigenvalue weighted by Crippen LogP contribution is 2.24. The highest BCUT2D eigenvalue weighted by Gasteiger charge is 2.20. The molecule has 0 saturated heterocycles. The summed E-state index contributed by atoms with van der Waals surface area (Å²) in [7, 11) is 0. The van der Waals surface area contributed by atoms with Crippen molar-refractivity contribution in [3.05, 3.63) is 53.8 Å². The number of halogens is 1. The number of aromatic nitrogens is 3. The molecule has 0 amide bonds. The molecule has 1 unspecified atom stereocenters. The second-order valence-corrected chi connectivity index (χ2v) is 5.39. The molecular formula is C17H16FN3O2. The Balaban J connectivity index is 1.90. The molecule has 1 aromatic carbocycles. The van der Waals surface area contributed by atoms with Crippen LogP contribution in [0.5, 0.6) is 0 Å². The molecule has 1 aliphatic carbocycles. The summed E-state index contributed by atoms with van der Waals surface area (Å²) < 4.78 is 15.1. The van der Waals surface area contributed by atoms with E-state index >= 15 is 0 Å². The Hall–Kier alpha value is -2.76. The first-order chi connectivity index (χ1) is 11.1. The van der Waals surface area contributed by atoms with Gasteiger partial charge in [-0.25, -0.2) is 13.9 Å². The van der Waals surface area contributed by atoms with Crippen molar-refractivity contribution in [3.63, 3.8) is 0 Å². The monoisotopic (exact) mass is 313 g/mol. The molecule has 1 heterocycles. The van der Waals surface area contributed by atoms with Gasteiger partial charge >= 0.3 is 5.97 Å². The van der Waals surface area contributed by atoms with Crippen LogP contribution in [-0.4, -0.2) is 32.2 Å². The van der Waals surface area contributed by atoms with Crippen molar-refractivity contribution in [2.24, 2.45) is 0 Å². The van der Waals surface area contributed by atoms with Crippen LogP contribution in [0.3, 0.4) is 0 Å². The zero-order chi connectivity index (χ0) is 16.4. The molecule has 0 saturated carbocycles. The van der Waals surface area contributed by atoms with Gasteiger partial charge in [0.25, 0.3) is 0 Å². The quantitative estimate of drug-likeness (QED) is 0.942. The number of rotatable bonds is 4. The molecule has 1 aliphatic rings. The van der Waals surface area contributed by atoms with E-state index in [1.165, 1.54) is 22.4 Å². The zero-order valence-corrected chi connectivity index (χ0v) is 12.6. The van der Waals surface area contributed by atoms with Gasteiger partial charge in [0.15, 0.2) is 0 Å². The Morgan fingerprint density at radius 2 is 2.13 bits per heavy atom. The van der Waals surface area contributed by atoms with Crippen LogP contribution in [0.15, 0.2) is 48.2 Å². The Bertz CT molecular complexity index is 790. The molecule has 23 heavy (non-hydrogen) atoms. The predicted octanol–water partition coefficient (Wildman–Crippen LogP) is 3.10. The summed E-state index contributed by atoms with van der Waals surface area (Å²) >= 11 is 0. The van der Waals surface area contributed by atoms with Crippen molar-refractivity contribution >= 4 is 11.7 Å². The summed E-state index contributed by atoms with van der Waals surface area (Å²) in [6.07, 6.45) is 3.94. The Morgan fingerprint density at radius 3 is 2.78 bits per heavy atom. The van der Waals surface area contributed by atoms with E-state index in [9.17, 15) is 9.18 Å². The van der Waals surface area contributed by atoms with Crippen molar-refractivity contribution in [1.29, 1.82) is 0 Å². The molecule has 1 atom stereocenters. The Kier molecular flexibility index (Phi) is 4.06. The van der Waals surface area contributed by atoms with Crippen molar-refractivity contribution in [1.82, 2.24) is 15.0 Å². The molecule has 5 nitrogen and oxygen atoms in total. The van der Waals surface area contributed by atoms with Crippen LogP contribution in [0.25, 0.3) is 17.0 Å². The second kappa shape index (κ2) is 6.16. The van der Waals surface area contributed by atoms with Gasteiger partial charge in [0.05, 0.1) is 11.9 Å². The Morgan fingerprint density at radius 1 is 1.39 bits per heavy atom. The third kappa shape index (κ3) is 3.21. The lowest BCUT2D eigenvalue weighted by Crippen LogP contribution is -2.13. The summed E-state index contributed by atoms with van der Waals surface area (Å²) in [5.74, 6) is -1.12. The largest absolute Gasteiger partial charge is 0.478 e. The molecule has 0 fully saturated rings. The van der Waals surface area contributed by atoms with Crippen molar-refractivity contribution in [3.8, 4) is 11.3 Å². The summed E-state index contributed by atoms with van der Waals surface area (Å²) in [5, 5.41) is 17.1. The summed E-state index contributed by atoms with van der Waals surface area (Å²) in [4.78, 5) is 11.1. The number of allylic oxidation sites excluding steroid dienone is 3. The average molecular weight is 313 g/mol. The normalized spacial score (nSPS) is 17.6. The van der Waals surface area contributed by atoms with Crippen LogP contribution in [0.2, 0.25) is 0 Å². The van der Waals surface area contributed by atoms with Gasteiger partial charge in [0.1, 0.15) is 11.9 Å². The van der Waals surface area contributed by atoms with Crippen LogP contribution in [0.1, 0.15) is 18.9 Å². The van der Waals surface area contributed by atoms with Crippen LogP contribution in [0.4, 0.5) is 4.39 Å². The average Bonchev–Trinajstić information content (AvgIpc) is 3.04. The maximum absolute atomic E-state index is 13.7. The molecule has 0 aliphatic heterocycles. The summed E-state index contributed by atoms with van der Waals surface area (Å²) in [6.45, 7) is 2.08. The fourth-order valence-corrected chi connectivity index (χ4v) is 2.46. The maximum atomic E-state index is 13.7. The fourth-order valence-electron chi connectivity index (χ4n) is 2.46. The number of carboxylic acids is 1. The van der Waals surface area contributed by atoms with Gasteiger partial charge in [-0.3, -0.25) is 0 Å². The number of carboxylic acid groups (broad SMARTS) is 1. The number of carbonyl (C=O) groups is 1. The van der Waals surface area contributed by atoms with Gasteiger partial charge in [-0.05, 0) is 24.1 Å². The van der Waals surface area contributed by atoms with Crippen LogP contribution in [0, 0.1) is 0 Å². The van der Waals surface area contributed by atoms with E-state index in [2.05, 4.69) is 17.2 Å². The minimum absolute atomic E-state index is 0.0272. The highest BCUT2D eigenvalue weighted by atomic mass is 19.1. The first-order valence-electron chi connectivity index (χ1n) is 7.38. The number of hydrogen-bond donors (Lipinski definition) is 1. The lowest BCUT2D eigenvalue weighted by atomic mass is 10.0. The van der Waals surface area contributed by atoms with Gasteiger partial charge in [-0.2, -0.15) is 0 Å². The first kappa shape index (κ1) is 15.1. The van der Waals surface area contributed by atoms with Gasteiger partial charge in [-0.1, -0.05) is 36.4 Å².